The zero-order valence-corrected chi connectivity index (χ0v) is 16.3. The molecule has 0 aliphatic carbocycles. The molecular weight excluding hydrogens is 352 g/mol. The van der Waals surface area contributed by atoms with Crippen LogP contribution in [0.1, 0.15) is 35.3 Å². The normalized spacial score (nSPS) is 20.4. The maximum absolute atomic E-state index is 12.4. The molecule has 1 saturated heterocycles. The highest BCUT2D eigenvalue weighted by atomic mass is 16.5. The number of aromatic nitrogens is 2. The first-order chi connectivity index (χ1) is 13.6. The molecule has 2 atom stereocenters. The number of hydrogen-bond acceptors (Lipinski definition) is 4. The Morgan fingerprint density at radius 3 is 2.61 bits per heavy atom. The summed E-state index contributed by atoms with van der Waals surface area (Å²) in [5.41, 5.74) is 4.72. The number of morpholine rings is 1. The van der Waals surface area contributed by atoms with E-state index in [4.69, 9.17) is 4.74 Å². The van der Waals surface area contributed by atoms with Crippen LogP contribution in [-0.4, -0.2) is 46.1 Å². The van der Waals surface area contributed by atoms with Gasteiger partial charge >= 0.3 is 0 Å². The van der Waals surface area contributed by atoms with E-state index < -0.39 is 0 Å². The molecule has 2 unspecified atom stereocenters. The van der Waals surface area contributed by atoms with Crippen molar-refractivity contribution in [2.24, 2.45) is 0 Å². The van der Waals surface area contributed by atoms with Gasteiger partial charge in [-0.25, -0.2) is 4.98 Å². The number of nitrogens with zero attached hydrogens (tertiary/aromatic N) is 2. The Kier molecular flexibility index (Phi) is 5.41. The number of carbonyl (C=O) groups is 1. The minimum Gasteiger partial charge on any atom is -0.373 e. The van der Waals surface area contributed by atoms with Gasteiger partial charge in [-0.1, -0.05) is 24.3 Å². The molecule has 6 heteroatoms. The number of carbonyl (C=O) groups excluding carboxylic acids is 1. The van der Waals surface area contributed by atoms with E-state index in [1.54, 1.807) is 12.4 Å². The molecule has 0 spiro atoms. The standard InChI is InChI=1S/C22H26N4O2/c1-15-11-26(12-16(2)28-15)13-18-5-3-17(4-6-18)10-23-22(27)19-7-8-20-21(9-19)25-14-24-20/h3-9,14-16H,10-13H2,1-2H3,(H,23,27)(H,24,25). The van der Waals surface area contributed by atoms with E-state index in [0.29, 0.717) is 12.1 Å². The Bertz CT molecular complexity index is 941. The summed E-state index contributed by atoms with van der Waals surface area (Å²) in [7, 11) is 0. The minimum atomic E-state index is -0.0862. The number of imidazole rings is 1. The van der Waals surface area contributed by atoms with Gasteiger partial charge in [0.05, 0.1) is 29.6 Å². The number of H-pyrrole nitrogens is 1. The molecule has 2 aromatic carbocycles. The van der Waals surface area contributed by atoms with Crippen molar-refractivity contribution in [3.8, 4) is 0 Å². The third-order valence-electron chi connectivity index (χ3n) is 5.06. The average Bonchev–Trinajstić information content (AvgIpc) is 3.14. The number of rotatable bonds is 5. The zero-order valence-electron chi connectivity index (χ0n) is 16.3. The second kappa shape index (κ2) is 8.12. The lowest BCUT2D eigenvalue weighted by atomic mass is 10.1. The molecule has 1 aromatic heterocycles. The number of benzene rings is 2. The van der Waals surface area contributed by atoms with Crippen molar-refractivity contribution in [1.29, 1.82) is 0 Å². The molecule has 1 aliphatic heterocycles. The Labute approximate surface area is 164 Å². The van der Waals surface area contributed by atoms with Crippen LogP contribution in [0, 0.1) is 0 Å². The summed E-state index contributed by atoms with van der Waals surface area (Å²) in [6.07, 6.45) is 2.19. The highest BCUT2D eigenvalue weighted by molar-refractivity contribution is 5.97. The van der Waals surface area contributed by atoms with Crippen molar-refractivity contribution in [1.82, 2.24) is 20.2 Å². The van der Waals surface area contributed by atoms with E-state index in [0.717, 1.165) is 36.2 Å². The van der Waals surface area contributed by atoms with Crippen LogP contribution in [0.3, 0.4) is 0 Å². The topological polar surface area (TPSA) is 70.2 Å². The molecule has 6 nitrogen and oxygen atoms in total. The van der Waals surface area contributed by atoms with Crippen LogP contribution >= 0.6 is 0 Å². The molecular formula is C22H26N4O2. The molecule has 4 rings (SSSR count). The number of fused-ring (bicyclic) bond motifs is 1. The molecule has 1 aliphatic rings. The third kappa shape index (κ3) is 4.40. The van der Waals surface area contributed by atoms with Crippen molar-refractivity contribution in [3.05, 3.63) is 65.5 Å². The van der Waals surface area contributed by atoms with Crippen LogP contribution in [0.4, 0.5) is 0 Å². The van der Waals surface area contributed by atoms with E-state index >= 15 is 0 Å². The molecule has 3 aromatic rings. The Morgan fingerprint density at radius 2 is 1.86 bits per heavy atom. The first-order valence-corrected chi connectivity index (χ1v) is 9.74. The van der Waals surface area contributed by atoms with E-state index in [1.165, 1.54) is 5.56 Å². The van der Waals surface area contributed by atoms with E-state index in [-0.39, 0.29) is 18.1 Å². The van der Waals surface area contributed by atoms with Crippen LogP contribution < -0.4 is 5.32 Å². The van der Waals surface area contributed by atoms with Gasteiger partial charge in [0.15, 0.2) is 0 Å². The highest BCUT2D eigenvalue weighted by Gasteiger charge is 2.21. The van der Waals surface area contributed by atoms with E-state index in [9.17, 15) is 4.79 Å². The molecule has 0 radical (unpaired) electrons. The van der Waals surface area contributed by atoms with E-state index in [2.05, 4.69) is 58.3 Å². The SMILES string of the molecule is CC1CN(Cc2ccc(CNC(=O)c3ccc4nc[nH]c4c3)cc2)CC(C)O1. The summed E-state index contributed by atoms with van der Waals surface area (Å²) in [5, 5.41) is 2.98. The average molecular weight is 378 g/mol. The quantitative estimate of drug-likeness (QED) is 0.716. The lowest BCUT2D eigenvalue weighted by Crippen LogP contribution is -2.44. The summed E-state index contributed by atoms with van der Waals surface area (Å²) < 4.78 is 5.80. The molecule has 2 N–H and O–H groups in total. The Hall–Kier alpha value is -2.70. The second-order valence-corrected chi connectivity index (χ2v) is 7.59. The first kappa shape index (κ1) is 18.7. The van der Waals surface area contributed by atoms with Crippen LogP contribution in [0.25, 0.3) is 11.0 Å². The van der Waals surface area contributed by atoms with Gasteiger partial charge in [-0.2, -0.15) is 0 Å². The van der Waals surface area contributed by atoms with Gasteiger partial charge in [0.25, 0.3) is 5.91 Å². The van der Waals surface area contributed by atoms with Crippen LogP contribution in [0.2, 0.25) is 0 Å². The zero-order chi connectivity index (χ0) is 19.5. The van der Waals surface area contributed by atoms with Gasteiger partial charge in [0, 0.05) is 31.7 Å². The van der Waals surface area contributed by atoms with Crippen molar-refractivity contribution in [3.63, 3.8) is 0 Å². The molecule has 0 saturated carbocycles. The van der Waals surface area contributed by atoms with Crippen molar-refractivity contribution < 1.29 is 9.53 Å². The lowest BCUT2D eigenvalue weighted by molar-refractivity contribution is -0.0704. The summed E-state index contributed by atoms with van der Waals surface area (Å²) in [6, 6.07) is 13.9. The van der Waals surface area contributed by atoms with Gasteiger partial charge < -0.3 is 15.0 Å². The van der Waals surface area contributed by atoms with Crippen molar-refractivity contribution in [2.45, 2.75) is 39.1 Å². The maximum Gasteiger partial charge on any atom is 0.251 e. The second-order valence-electron chi connectivity index (χ2n) is 7.59. The van der Waals surface area contributed by atoms with Gasteiger partial charge in [-0.05, 0) is 43.2 Å². The predicted molar refractivity (Wildman–Crippen MR) is 109 cm³/mol. The van der Waals surface area contributed by atoms with Gasteiger partial charge in [0.1, 0.15) is 0 Å². The molecule has 0 bridgehead atoms. The van der Waals surface area contributed by atoms with Crippen molar-refractivity contribution >= 4 is 16.9 Å². The van der Waals surface area contributed by atoms with Crippen LogP contribution in [-0.2, 0) is 17.8 Å². The van der Waals surface area contributed by atoms with Crippen molar-refractivity contribution in [2.75, 3.05) is 13.1 Å². The molecule has 2 heterocycles. The number of hydrogen-bond donors (Lipinski definition) is 2. The summed E-state index contributed by atoms with van der Waals surface area (Å²) in [6.45, 7) is 7.60. The number of nitrogens with one attached hydrogen (secondary N) is 2. The molecule has 1 fully saturated rings. The summed E-state index contributed by atoms with van der Waals surface area (Å²) in [5.74, 6) is -0.0862. The first-order valence-electron chi connectivity index (χ1n) is 9.74. The number of amides is 1. The monoisotopic (exact) mass is 378 g/mol. The highest BCUT2D eigenvalue weighted by Crippen LogP contribution is 2.15. The van der Waals surface area contributed by atoms with Gasteiger partial charge in [-0.3, -0.25) is 9.69 Å². The largest absolute Gasteiger partial charge is 0.373 e. The van der Waals surface area contributed by atoms with Gasteiger partial charge in [-0.15, -0.1) is 0 Å². The third-order valence-corrected chi connectivity index (χ3v) is 5.06. The summed E-state index contributed by atoms with van der Waals surface area (Å²) in [4.78, 5) is 22.0. The predicted octanol–water partition coefficient (Wildman–Crippen LogP) is 3.10. The van der Waals surface area contributed by atoms with E-state index in [1.807, 2.05) is 12.1 Å². The maximum atomic E-state index is 12.4. The molecule has 28 heavy (non-hydrogen) atoms. The van der Waals surface area contributed by atoms with Crippen LogP contribution in [0.5, 0.6) is 0 Å². The molecule has 146 valence electrons. The fourth-order valence-electron chi connectivity index (χ4n) is 3.80. The number of aromatic amines is 1. The number of ether oxygens (including phenoxy) is 1. The minimum absolute atomic E-state index is 0.0862. The fraction of sp³-hybridized carbons (Fsp3) is 0.364. The smallest absolute Gasteiger partial charge is 0.251 e. The summed E-state index contributed by atoms with van der Waals surface area (Å²) >= 11 is 0. The van der Waals surface area contributed by atoms with Gasteiger partial charge in [0.2, 0.25) is 0 Å². The molecule has 1 amide bonds. The Balaban J connectivity index is 1.32. The Morgan fingerprint density at radius 1 is 1.14 bits per heavy atom. The fourth-order valence-corrected chi connectivity index (χ4v) is 3.80. The lowest BCUT2D eigenvalue weighted by Gasteiger charge is -2.35. The van der Waals surface area contributed by atoms with Crippen LogP contribution in [0.15, 0.2) is 48.8 Å².